The number of methoxy groups -OCH3 is 2. The molecule has 2 atom stereocenters. The molecule has 5 rings (SSSR count). The zero-order chi connectivity index (χ0) is 31.8. The Labute approximate surface area is 267 Å². The number of anilines is 2. The number of piperidine rings is 1. The van der Waals surface area contributed by atoms with Gasteiger partial charge in [-0.05, 0) is 68.8 Å². The number of aromatic nitrogens is 1. The minimum atomic E-state index is -0.518. The molecule has 1 aromatic heterocycles. The van der Waals surface area contributed by atoms with E-state index in [0.717, 1.165) is 31.6 Å². The lowest BCUT2D eigenvalue weighted by molar-refractivity contribution is -0.123. The highest BCUT2D eigenvalue weighted by molar-refractivity contribution is 6.30. The van der Waals surface area contributed by atoms with E-state index >= 15 is 0 Å². The van der Waals surface area contributed by atoms with Gasteiger partial charge < -0.3 is 29.6 Å². The van der Waals surface area contributed by atoms with Crippen molar-refractivity contribution in [2.24, 2.45) is 0 Å². The van der Waals surface area contributed by atoms with Crippen LogP contribution in [0.1, 0.15) is 46.8 Å². The van der Waals surface area contributed by atoms with Crippen LogP contribution in [0.15, 0.2) is 54.6 Å². The fraction of sp³-hybridized carbons (Fsp3) is 0.424. The number of esters is 1. The number of hydrogen-bond acceptors (Lipinski definition) is 9. The number of ether oxygens (including phenoxy) is 4. The number of amides is 1. The Kier molecular flexibility index (Phi) is 11.2. The Morgan fingerprint density at radius 1 is 1.09 bits per heavy atom. The largest absolute Gasteiger partial charge is 0.473 e. The highest BCUT2D eigenvalue weighted by Gasteiger charge is 2.31. The van der Waals surface area contributed by atoms with Gasteiger partial charge in [0.1, 0.15) is 18.5 Å². The molecule has 0 saturated carbocycles. The van der Waals surface area contributed by atoms with Crippen molar-refractivity contribution < 1.29 is 32.9 Å². The maximum Gasteiger partial charge on any atom is 0.337 e. The zero-order valence-corrected chi connectivity index (χ0v) is 26.1. The number of hydrogen-bond donors (Lipinski definition) is 2. The van der Waals surface area contributed by atoms with Crippen molar-refractivity contribution in [3.05, 3.63) is 82.3 Å². The van der Waals surface area contributed by atoms with E-state index in [1.54, 1.807) is 43.5 Å². The summed E-state index contributed by atoms with van der Waals surface area (Å²) in [5.74, 6) is -0.481. The highest BCUT2D eigenvalue weighted by Crippen LogP contribution is 2.30. The summed E-state index contributed by atoms with van der Waals surface area (Å²) in [4.78, 5) is 32.6. The van der Waals surface area contributed by atoms with Crippen molar-refractivity contribution in [2.75, 3.05) is 57.7 Å². The van der Waals surface area contributed by atoms with Gasteiger partial charge >= 0.3 is 5.97 Å². The minimum absolute atomic E-state index is 0.0444. The molecule has 2 N–H and O–H groups in total. The Morgan fingerprint density at radius 2 is 1.89 bits per heavy atom. The number of carbonyl (C=O) groups excluding carboxylic acids is 2. The van der Waals surface area contributed by atoms with Gasteiger partial charge in [0, 0.05) is 48.5 Å². The molecule has 3 heterocycles. The lowest BCUT2D eigenvalue weighted by atomic mass is 9.92. The van der Waals surface area contributed by atoms with Crippen LogP contribution in [0.4, 0.5) is 15.8 Å². The van der Waals surface area contributed by atoms with Gasteiger partial charge in [-0.1, -0.05) is 23.7 Å². The molecule has 3 aromatic rings. The van der Waals surface area contributed by atoms with Crippen molar-refractivity contribution in [2.45, 2.75) is 43.9 Å². The van der Waals surface area contributed by atoms with Crippen LogP contribution in [0.2, 0.25) is 5.02 Å². The molecule has 0 bridgehead atoms. The van der Waals surface area contributed by atoms with Gasteiger partial charge in [-0.15, -0.1) is 0 Å². The molecule has 240 valence electrons. The molecular weight excluding hydrogens is 603 g/mol. The number of likely N-dealkylation sites (tertiary alicyclic amines) is 1. The van der Waals surface area contributed by atoms with Crippen molar-refractivity contribution in [1.82, 2.24) is 9.88 Å². The van der Waals surface area contributed by atoms with E-state index in [-0.39, 0.29) is 31.1 Å². The van der Waals surface area contributed by atoms with Crippen molar-refractivity contribution in [1.29, 1.82) is 0 Å². The molecule has 2 unspecified atom stereocenters. The number of nitrogens with zero attached hydrogens (tertiary/aromatic N) is 2. The van der Waals surface area contributed by atoms with E-state index in [9.17, 15) is 14.0 Å². The molecule has 2 aliphatic rings. The first kappa shape index (κ1) is 32.6. The summed E-state index contributed by atoms with van der Waals surface area (Å²) in [6.07, 6.45) is 2.62. The molecule has 0 aliphatic carbocycles. The van der Waals surface area contributed by atoms with E-state index in [1.807, 2.05) is 12.1 Å². The van der Waals surface area contributed by atoms with Crippen LogP contribution in [0.5, 0.6) is 5.88 Å². The van der Waals surface area contributed by atoms with Crippen LogP contribution in [-0.4, -0.2) is 81.0 Å². The third kappa shape index (κ3) is 8.49. The van der Waals surface area contributed by atoms with Crippen LogP contribution in [0.3, 0.4) is 0 Å². The van der Waals surface area contributed by atoms with Crippen molar-refractivity contribution >= 4 is 34.9 Å². The number of benzene rings is 2. The Hall–Kier alpha value is -3.77. The first-order chi connectivity index (χ1) is 21.8. The van der Waals surface area contributed by atoms with Gasteiger partial charge in [-0.2, -0.15) is 0 Å². The van der Waals surface area contributed by atoms with Crippen LogP contribution in [-0.2, 0) is 25.6 Å². The third-order valence-electron chi connectivity index (χ3n) is 8.16. The van der Waals surface area contributed by atoms with Crippen LogP contribution >= 0.6 is 11.6 Å². The molecular formula is C33H38ClFN4O6. The Balaban J connectivity index is 1.20. The van der Waals surface area contributed by atoms with E-state index in [0.29, 0.717) is 53.0 Å². The summed E-state index contributed by atoms with van der Waals surface area (Å²) in [6, 6.07) is 14.6. The molecule has 0 spiro atoms. The molecule has 12 heteroatoms. The highest BCUT2D eigenvalue weighted by atomic mass is 35.5. The summed E-state index contributed by atoms with van der Waals surface area (Å²) in [7, 11) is 2.91. The Bertz CT molecular complexity index is 1480. The minimum Gasteiger partial charge on any atom is -0.473 e. The second kappa shape index (κ2) is 15.5. The standard InChI is InChI=1S/C33H38ClFN4O6/c1-42-20-30(32(40)38-28-9-7-22(33(41)43-2)16-29(28)36-18-25-12-15-44-25)39-13-10-21(11-14-39)27-4-3-5-31(37-27)45-19-23-6-8-24(34)17-26(23)35/h3-9,16-17,21,25,30,36H,10-15,18-20H2,1-2H3,(H,38,40). The molecule has 2 saturated heterocycles. The van der Waals surface area contributed by atoms with E-state index in [1.165, 1.54) is 13.2 Å². The molecule has 2 fully saturated rings. The van der Waals surface area contributed by atoms with Gasteiger partial charge in [0.25, 0.3) is 0 Å². The average molecular weight is 641 g/mol. The number of rotatable bonds is 13. The van der Waals surface area contributed by atoms with Crippen LogP contribution in [0.25, 0.3) is 0 Å². The number of halogens is 2. The molecule has 2 aromatic carbocycles. The molecule has 1 amide bonds. The maximum atomic E-state index is 14.2. The number of carbonyl (C=O) groups is 2. The average Bonchev–Trinajstić information content (AvgIpc) is 3.03. The van der Waals surface area contributed by atoms with Crippen molar-refractivity contribution in [3.8, 4) is 5.88 Å². The quantitative estimate of drug-likeness (QED) is 0.241. The molecule has 0 radical (unpaired) electrons. The second-order valence-corrected chi connectivity index (χ2v) is 11.5. The number of pyridine rings is 1. The third-order valence-corrected chi connectivity index (χ3v) is 8.40. The predicted octanol–water partition coefficient (Wildman–Crippen LogP) is 5.27. The zero-order valence-electron chi connectivity index (χ0n) is 25.4. The Morgan fingerprint density at radius 3 is 2.58 bits per heavy atom. The molecule has 2 aliphatic heterocycles. The normalized spacial score (nSPS) is 17.6. The van der Waals surface area contributed by atoms with E-state index < -0.39 is 17.8 Å². The van der Waals surface area contributed by atoms with E-state index in [2.05, 4.69) is 20.5 Å². The first-order valence-corrected chi connectivity index (χ1v) is 15.4. The van der Waals surface area contributed by atoms with Gasteiger partial charge in [-0.25, -0.2) is 14.2 Å². The molecule has 10 nitrogen and oxygen atoms in total. The molecule has 45 heavy (non-hydrogen) atoms. The second-order valence-electron chi connectivity index (χ2n) is 11.1. The van der Waals surface area contributed by atoms with Crippen LogP contribution < -0.4 is 15.4 Å². The predicted molar refractivity (Wildman–Crippen MR) is 168 cm³/mol. The summed E-state index contributed by atoms with van der Waals surface area (Å²) in [5, 5.41) is 6.68. The summed E-state index contributed by atoms with van der Waals surface area (Å²) >= 11 is 5.85. The van der Waals surface area contributed by atoms with E-state index in [4.69, 9.17) is 30.5 Å². The number of nitrogens with one attached hydrogen (secondary N) is 2. The van der Waals surface area contributed by atoms with Crippen molar-refractivity contribution in [3.63, 3.8) is 0 Å². The first-order valence-electron chi connectivity index (χ1n) is 15.0. The van der Waals surface area contributed by atoms with Gasteiger partial charge in [0.15, 0.2) is 0 Å². The SMILES string of the molecule is COCC(C(=O)Nc1ccc(C(=O)OC)cc1NCC1CCO1)N1CCC(c2cccc(OCc3ccc(Cl)cc3F)n2)CC1. The maximum absolute atomic E-state index is 14.2. The van der Waals surface area contributed by atoms with Crippen LogP contribution in [0, 0.1) is 5.82 Å². The van der Waals surface area contributed by atoms with Gasteiger partial charge in [-0.3, -0.25) is 9.69 Å². The lowest BCUT2D eigenvalue weighted by Crippen LogP contribution is -2.50. The topological polar surface area (TPSA) is 111 Å². The lowest BCUT2D eigenvalue weighted by Gasteiger charge is -2.36. The summed E-state index contributed by atoms with van der Waals surface area (Å²) in [6.45, 7) is 2.89. The summed E-state index contributed by atoms with van der Waals surface area (Å²) in [5.41, 5.74) is 2.85. The fourth-order valence-corrected chi connectivity index (χ4v) is 5.63. The van der Waals surface area contributed by atoms with Gasteiger partial charge in [0.2, 0.25) is 11.8 Å². The monoisotopic (exact) mass is 640 g/mol. The van der Waals surface area contributed by atoms with Gasteiger partial charge in [0.05, 0.1) is 36.8 Å². The smallest absolute Gasteiger partial charge is 0.337 e. The summed E-state index contributed by atoms with van der Waals surface area (Å²) < 4.78 is 35.8. The fourth-order valence-electron chi connectivity index (χ4n) is 5.47.